The molecule has 0 aliphatic carbocycles. The highest BCUT2D eigenvalue weighted by molar-refractivity contribution is 8.26. The lowest BCUT2D eigenvalue weighted by molar-refractivity contribution is -0.123. The Morgan fingerprint density at radius 3 is 2.96 bits per heavy atom. The van der Waals surface area contributed by atoms with Crippen LogP contribution < -0.4 is 9.47 Å². The van der Waals surface area contributed by atoms with Gasteiger partial charge in [0.15, 0.2) is 11.5 Å². The van der Waals surface area contributed by atoms with Crippen LogP contribution in [0.5, 0.6) is 11.5 Å². The number of thioether (sulfide) groups is 1. The summed E-state index contributed by atoms with van der Waals surface area (Å²) in [7, 11) is 1.62. The van der Waals surface area contributed by atoms with E-state index in [9.17, 15) is 4.79 Å². The number of thiocarbonyl (C=S) groups is 1. The van der Waals surface area contributed by atoms with E-state index < -0.39 is 0 Å². The second kappa shape index (κ2) is 9.57. The Morgan fingerprint density at radius 1 is 1.41 bits per heavy atom. The lowest BCUT2D eigenvalue weighted by atomic mass is 10.1. The van der Waals surface area contributed by atoms with Crippen LogP contribution in [-0.2, 0) is 9.53 Å². The average Bonchev–Trinajstić information content (AvgIpc) is 3.27. The van der Waals surface area contributed by atoms with Crippen molar-refractivity contribution in [3.8, 4) is 11.5 Å². The predicted octanol–water partition coefficient (Wildman–Crippen LogP) is 4.25. The molecule has 0 saturated carbocycles. The summed E-state index contributed by atoms with van der Waals surface area (Å²) in [6.07, 6.45) is 6.04. The molecule has 0 aromatic heterocycles. The molecule has 1 aromatic carbocycles. The van der Waals surface area contributed by atoms with E-state index in [4.69, 9.17) is 26.4 Å². The van der Waals surface area contributed by atoms with Crippen LogP contribution in [0.1, 0.15) is 38.2 Å². The first-order chi connectivity index (χ1) is 13.1. The first kappa shape index (κ1) is 20.2. The fraction of sp³-hybridized carbons (Fsp3) is 0.500. The minimum Gasteiger partial charge on any atom is -0.493 e. The summed E-state index contributed by atoms with van der Waals surface area (Å²) in [6.45, 7) is 4.09. The van der Waals surface area contributed by atoms with Crippen molar-refractivity contribution in [3.05, 3.63) is 28.7 Å². The van der Waals surface area contributed by atoms with E-state index in [1.807, 2.05) is 24.3 Å². The van der Waals surface area contributed by atoms with Gasteiger partial charge >= 0.3 is 0 Å². The molecular formula is C20H25NO4S2. The minimum atomic E-state index is -0.0530. The molecule has 0 spiro atoms. The van der Waals surface area contributed by atoms with Gasteiger partial charge in [-0.25, -0.2) is 0 Å². The molecule has 2 fully saturated rings. The van der Waals surface area contributed by atoms with Gasteiger partial charge in [-0.05, 0) is 43.0 Å². The number of amides is 1. The number of hydrogen-bond acceptors (Lipinski definition) is 6. The van der Waals surface area contributed by atoms with Crippen molar-refractivity contribution in [1.29, 1.82) is 0 Å². The number of carbonyl (C=O) groups excluding carboxylic acids is 1. The summed E-state index contributed by atoms with van der Waals surface area (Å²) in [6, 6.07) is 5.69. The van der Waals surface area contributed by atoms with Gasteiger partial charge in [-0.3, -0.25) is 9.69 Å². The summed E-state index contributed by atoms with van der Waals surface area (Å²) in [5.41, 5.74) is 0.882. The fourth-order valence-electron chi connectivity index (χ4n) is 3.02. The summed E-state index contributed by atoms with van der Waals surface area (Å²) in [5.74, 6) is 1.33. The summed E-state index contributed by atoms with van der Waals surface area (Å²) in [5, 5.41) is 0. The molecule has 2 aliphatic heterocycles. The van der Waals surface area contributed by atoms with Gasteiger partial charge in [0, 0.05) is 6.61 Å². The van der Waals surface area contributed by atoms with Crippen molar-refractivity contribution in [3.63, 3.8) is 0 Å². The van der Waals surface area contributed by atoms with E-state index in [0.717, 1.165) is 37.9 Å². The van der Waals surface area contributed by atoms with Gasteiger partial charge in [0.2, 0.25) is 0 Å². The quantitative estimate of drug-likeness (QED) is 0.365. The smallest absolute Gasteiger partial charge is 0.266 e. The maximum absolute atomic E-state index is 12.7. The van der Waals surface area contributed by atoms with Crippen molar-refractivity contribution in [2.45, 2.75) is 38.7 Å². The van der Waals surface area contributed by atoms with Gasteiger partial charge in [0.25, 0.3) is 5.91 Å². The average molecular weight is 408 g/mol. The lowest BCUT2D eigenvalue weighted by Gasteiger charge is -2.18. The van der Waals surface area contributed by atoms with Crippen LogP contribution in [0.25, 0.3) is 6.08 Å². The van der Waals surface area contributed by atoms with Gasteiger partial charge in [-0.15, -0.1) is 0 Å². The molecule has 1 amide bonds. The Bertz CT molecular complexity index is 729. The summed E-state index contributed by atoms with van der Waals surface area (Å²) < 4.78 is 17.4. The van der Waals surface area contributed by atoms with Crippen molar-refractivity contribution >= 4 is 40.3 Å². The molecule has 2 saturated heterocycles. The van der Waals surface area contributed by atoms with Crippen LogP contribution in [0.2, 0.25) is 0 Å². The van der Waals surface area contributed by atoms with Crippen molar-refractivity contribution in [2.24, 2.45) is 0 Å². The Hall–Kier alpha value is -1.57. The van der Waals surface area contributed by atoms with Gasteiger partial charge in [0.05, 0.1) is 31.3 Å². The largest absolute Gasteiger partial charge is 0.493 e. The van der Waals surface area contributed by atoms with Crippen molar-refractivity contribution in [2.75, 3.05) is 26.9 Å². The van der Waals surface area contributed by atoms with Crippen LogP contribution in [0.3, 0.4) is 0 Å². The van der Waals surface area contributed by atoms with Crippen LogP contribution in [0.15, 0.2) is 23.1 Å². The number of unbranched alkanes of at least 4 members (excludes halogenated alkanes) is 1. The van der Waals surface area contributed by atoms with Crippen LogP contribution in [-0.4, -0.2) is 48.1 Å². The van der Waals surface area contributed by atoms with Gasteiger partial charge in [0.1, 0.15) is 4.32 Å². The number of benzene rings is 1. The molecule has 0 unspecified atom stereocenters. The maximum Gasteiger partial charge on any atom is 0.266 e. The zero-order chi connectivity index (χ0) is 19.2. The number of nitrogens with zero attached hydrogens (tertiary/aromatic N) is 1. The molecule has 1 aromatic rings. The molecule has 5 nitrogen and oxygen atoms in total. The third-order valence-electron chi connectivity index (χ3n) is 4.52. The second-order valence-corrected chi connectivity index (χ2v) is 8.22. The van der Waals surface area contributed by atoms with E-state index in [1.165, 1.54) is 11.8 Å². The van der Waals surface area contributed by atoms with Crippen LogP contribution in [0.4, 0.5) is 0 Å². The summed E-state index contributed by atoms with van der Waals surface area (Å²) in [4.78, 5) is 15.0. The molecule has 0 N–H and O–H groups in total. The third-order valence-corrected chi connectivity index (χ3v) is 5.90. The molecule has 1 atom stereocenters. The van der Waals surface area contributed by atoms with Crippen molar-refractivity contribution < 1.29 is 19.0 Å². The van der Waals surface area contributed by atoms with E-state index in [1.54, 1.807) is 12.0 Å². The highest BCUT2D eigenvalue weighted by atomic mass is 32.2. The summed E-state index contributed by atoms with van der Waals surface area (Å²) >= 11 is 6.74. The van der Waals surface area contributed by atoms with Gasteiger partial charge < -0.3 is 14.2 Å². The SMILES string of the molecule is CCCCOc1ccc(/C=C2\SC(=S)N(C[C@@H]3CCCO3)C2=O)cc1OC. The van der Waals surface area contributed by atoms with Crippen LogP contribution in [0, 0.1) is 0 Å². The fourth-order valence-corrected chi connectivity index (χ4v) is 4.30. The Kier molecular flexibility index (Phi) is 7.15. The Labute approximate surface area is 170 Å². The van der Waals surface area contributed by atoms with Crippen molar-refractivity contribution in [1.82, 2.24) is 4.90 Å². The number of carbonyl (C=O) groups is 1. The number of rotatable bonds is 8. The lowest BCUT2D eigenvalue weighted by Crippen LogP contribution is -2.35. The van der Waals surface area contributed by atoms with Crippen LogP contribution >= 0.6 is 24.0 Å². The highest BCUT2D eigenvalue weighted by Gasteiger charge is 2.34. The van der Waals surface area contributed by atoms with Gasteiger partial charge in [-0.1, -0.05) is 43.4 Å². The van der Waals surface area contributed by atoms with E-state index in [0.29, 0.717) is 33.9 Å². The maximum atomic E-state index is 12.7. The zero-order valence-electron chi connectivity index (χ0n) is 15.7. The third kappa shape index (κ3) is 5.03. The van der Waals surface area contributed by atoms with Gasteiger partial charge in [-0.2, -0.15) is 0 Å². The Balaban J connectivity index is 1.71. The topological polar surface area (TPSA) is 48.0 Å². The molecule has 146 valence electrons. The first-order valence-electron chi connectivity index (χ1n) is 9.30. The molecule has 7 heteroatoms. The second-order valence-electron chi connectivity index (χ2n) is 6.54. The number of methoxy groups -OCH3 is 1. The molecule has 27 heavy (non-hydrogen) atoms. The molecule has 2 aliphatic rings. The molecular weight excluding hydrogens is 382 g/mol. The minimum absolute atomic E-state index is 0.0530. The number of hydrogen-bond donors (Lipinski definition) is 0. The normalized spacial score (nSPS) is 21.3. The monoisotopic (exact) mass is 407 g/mol. The molecule has 2 heterocycles. The Morgan fingerprint density at radius 2 is 2.26 bits per heavy atom. The number of ether oxygens (including phenoxy) is 3. The molecule has 3 rings (SSSR count). The molecule has 0 radical (unpaired) electrons. The van der Waals surface area contributed by atoms with E-state index >= 15 is 0 Å². The standard InChI is InChI=1S/C20H25NO4S2/c1-3-4-9-25-16-8-7-14(11-17(16)23-2)12-18-19(22)21(20(26)27-18)13-15-6-5-10-24-15/h7-8,11-12,15H,3-6,9-10,13H2,1-2H3/b18-12-/t15-/m0/s1. The zero-order valence-corrected chi connectivity index (χ0v) is 17.4. The highest BCUT2D eigenvalue weighted by Crippen LogP contribution is 2.35. The first-order valence-corrected chi connectivity index (χ1v) is 10.5. The van der Waals surface area contributed by atoms with E-state index in [2.05, 4.69) is 6.92 Å². The molecule has 0 bridgehead atoms. The van der Waals surface area contributed by atoms with E-state index in [-0.39, 0.29) is 12.0 Å². The predicted molar refractivity (Wildman–Crippen MR) is 112 cm³/mol.